The van der Waals surface area contributed by atoms with E-state index < -0.39 is 0 Å². The molecule has 0 saturated carbocycles. The molecule has 0 aliphatic rings. The van der Waals surface area contributed by atoms with Gasteiger partial charge in [-0.3, -0.25) is 0 Å². The average Bonchev–Trinajstić information content (AvgIpc) is 2.99. The van der Waals surface area contributed by atoms with Crippen LogP contribution in [0.25, 0.3) is 32.9 Å². The molecule has 0 aliphatic heterocycles. The van der Waals surface area contributed by atoms with Gasteiger partial charge in [-0.1, -0.05) is 24.3 Å². The van der Waals surface area contributed by atoms with Crippen molar-refractivity contribution in [3.8, 4) is 11.1 Å². The smallest absolute Gasteiger partial charge is 0.138 e. The molecule has 0 atom stereocenters. The zero-order valence-electron chi connectivity index (χ0n) is 11.7. The average molecular weight is 292 g/mol. The van der Waals surface area contributed by atoms with E-state index in [0.29, 0.717) is 0 Å². The number of aromatic nitrogens is 2. The normalized spacial score (nSPS) is 11.4. The fraction of sp³-hybridized carbons (Fsp3) is 0.0556. The lowest BCUT2D eigenvalue weighted by Crippen LogP contribution is -1.86. The van der Waals surface area contributed by atoms with Crippen molar-refractivity contribution in [1.82, 2.24) is 9.97 Å². The molecule has 2 aromatic carbocycles. The van der Waals surface area contributed by atoms with E-state index in [1.807, 2.05) is 24.4 Å². The maximum atomic E-state index is 13.1. The van der Waals surface area contributed by atoms with Gasteiger partial charge in [-0.05, 0) is 34.7 Å². The van der Waals surface area contributed by atoms with Crippen LogP contribution in [0.1, 0.15) is 5.56 Å². The van der Waals surface area contributed by atoms with E-state index in [-0.39, 0.29) is 12.4 Å². The Hall–Kier alpha value is -2.72. The number of aliphatic hydroxyl groups is 1. The molecule has 0 spiro atoms. The molecule has 22 heavy (non-hydrogen) atoms. The van der Waals surface area contributed by atoms with Crippen molar-refractivity contribution in [2.24, 2.45) is 0 Å². The maximum Gasteiger partial charge on any atom is 0.138 e. The second-order valence-electron chi connectivity index (χ2n) is 5.27. The van der Waals surface area contributed by atoms with E-state index >= 15 is 0 Å². The zero-order valence-corrected chi connectivity index (χ0v) is 11.7. The van der Waals surface area contributed by atoms with Gasteiger partial charge < -0.3 is 10.1 Å². The summed E-state index contributed by atoms with van der Waals surface area (Å²) in [5, 5.41) is 12.3. The van der Waals surface area contributed by atoms with Gasteiger partial charge in [-0.15, -0.1) is 0 Å². The number of aromatic amines is 1. The number of hydrogen-bond acceptors (Lipinski definition) is 2. The predicted molar refractivity (Wildman–Crippen MR) is 84.9 cm³/mol. The molecule has 4 heteroatoms. The minimum Gasteiger partial charge on any atom is -0.392 e. The van der Waals surface area contributed by atoms with Gasteiger partial charge in [0.05, 0.1) is 6.61 Å². The Kier molecular flexibility index (Phi) is 2.91. The number of fused-ring (bicyclic) bond motifs is 3. The first kappa shape index (κ1) is 13.0. The Morgan fingerprint density at radius 2 is 1.91 bits per heavy atom. The lowest BCUT2D eigenvalue weighted by Gasteiger charge is -2.05. The van der Waals surface area contributed by atoms with Crippen LogP contribution in [-0.4, -0.2) is 15.1 Å². The molecule has 0 unspecified atom stereocenters. The summed E-state index contributed by atoms with van der Waals surface area (Å²) in [7, 11) is 0. The Morgan fingerprint density at radius 1 is 1.09 bits per heavy atom. The molecule has 0 fully saturated rings. The van der Waals surface area contributed by atoms with Crippen LogP contribution >= 0.6 is 0 Å². The van der Waals surface area contributed by atoms with Gasteiger partial charge >= 0.3 is 0 Å². The van der Waals surface area contributed by atoms with Crippen molar-refractivity contribution < 1.29 is 9.50 Å². The Bertz CT molecular complexity index is 974. The number of hydrogen-bond donors (Lipinski definition) is 2. The molecular weight excluding hydrogens is 279 g/mol. The maximum absolute atomic E-state index is 13.1. The highest BCUT2D eigenvalue weighted by Crippen LogP contribution is 2.33. The number of benzene rings is 2. The number of halogens is 1. The molecule has 4 rings (SSSR count). The van der Waals surface area contributed by atoms with Crippen molar-refractivity contribution in [3.05, 3.63) is 66.2 Å². The number of nitrogens with zero attached hydrogens (tertiary/aromatic N) is 1. The van der Waals surface area contributed by atoms with Gasteiger partial charge in [0, 0.05) is 28.7 Å². The molecule has 0 aliphatic carbocycles. The highest BCUT2D eigenvalue weighted by Gasteiger charge is 2.11. The predicted octanol–water partition coefficient (Wildman–Crippen LogP) is 4.01. The van der Waals surface area contributed by atoms with Gasteiger partial charge in [0.2, 0.25) is 0 Å². The molecule has 0 saturated heterocycles. The van der Waals surface area contributed by atoms with Crippen LogP contribution in [0, 0.1) is 5.82 Å². The molecule has 3 nitrogen and oxygen atoms in total. The Morgan fingerprint density at radius 3 is 2.68 bits per heavy atom. The summed E-state index contributed by atoms with van der Waals surface area (Å²) in [6.45, 7) is 0.00589. The van der Waals surface area contributed by atoms with Crippen molar-refractivity contribution >= 4 is 21.8 Å². The van der Waals surface area contributed by atoms with Gasteiger partial charge in [0.1, 0.15) is 11.5 Å². The lowest BCUT2D eigenvalue weighted by atomic mass is 10.0. The monoisotopic (exact) mass is 292 g/mol. The van der Waals surface area contributed by atoms with Crippen molar-refractivity contribution in [3.63, 3.8) is 0 Å². The van der Waals surface area contributed by atoms with Crippen LogP contribution in [-0.2, 0) is 6.61 Å². The van der Waals surface area contributed by atoms with Crippen molar-refractivity contribution in [1.29, 1.82) is 0 Å². The summed E-state index contributed by atoms with van der Waals surface area (Å²) in [6.07, 6.45) is 3.69. The highest BCUT2D eigenvalue weighted by atomic mass is 19.1. The first-order chi connectivity index (χ1) is 10.8. The first-order valence-electron chi connectivity index (χ1n) is 7.02. The molecule has 2 aromatic heterocycles. The standard InChI is InChI=1S/C18H13FN2O/c19-14-4-2-12(3-5-14)16-9-21-18-17(16)15-6-1-11(10-22)7-13(15)8-20-18/h1-9,22H,10H2,(H,20,21). The van der Waals surface area contributed by atoms with Gasteiger partial charge in [0.25, 0.3) is 0 Å². The topological polar surface area (TPSA) is 48.9 Å². The number of aliphatic hydroxyl groups excluding tert-OH is 1. The quantitative estimate of drug-likeness (QED) is 0.586. The summed E-state index contributed by atoms with van der Waals surface area (Å²) < 4.78 is 13.1. The third-order valence-electron chi connectivity index (χ3n) is 3.92. The van der Waals surface area contributed by atoms with E-state index in [4.69, 9.17) is 0 Å². The van der Waals surface area contributed by atoms with Crippen molar-refractivity contribution in [2.75, 3.05) is 0 Å². The highest BCUT2D eigenvalue weighted by molar-refractivity contribution is 6.12. The third kappa shape index (κ3) is 1.96. The van der Waals surface area contributed by atoms with Crippen LogP contribution in [0.2, 0.25) is 0 Å². The van der Waals surface area contributed by atoms with Gasteiger partial charge in [-0.25, -0.2) is 9.37 Å². The summed E-state index contributed by atoms with van der Waals surface area (Å²) >= 11 is 0. The lowest BCUT2D eigenvalue weighted by molar-refractivity contribution is 0.282. The van der Waals surface area contributed by atoms with Gasteiger partial charge in [0.15, 0.2) is 0 Å². The summed E-state index contributed by atoms with van der Waals surface area (Å²) in [4.78, 5) is 7.60. The Labute approximate surface area is 126 Å². The third-order valence-corrected chi connectivity index (χ3v) is 3.92. The second-order valence-corrected chi connectivity index (χ2v) is 5.27. The number of pyridine rings is 1. The van der Waals surface area contributed by atoms with E-state index in [2.05, 4.69) is 9.97 Å². The molecule has 4 aromatic rings. The van der Waals surface area contributed by atoms with Crippen LogP contribution in [0.3, 0.4) is 0 Å². The first-order valence-corrected chi connectivity index (χ1v) is 7.02. The minimum absolute atomic E-state index is 0.00589. The molecule has 2 heterocycles. The van der Waals surface area contributed by atoms with E-state index in [9.17, 15) is 9.50 Å². The molecular formula is C18H13FN2O. The second kappa shape index (κ2) is 4.93. The van der Waals surface area contributed by atoms with E-state index in [1.54, 1.807) is 18.3 Å². The fourth-order valence-electron chi connectivity index (χ4n) is 2.82. The van der Waals surface area contributed by atoms with Crippen LogP contribution in [0.15, 0.2) is 54.9 Å². The van der Waals surface area contributed by atoms with Gasteiger partial charge in [-0.2, -0.15) is 0 Å². The number of rotatable bonds is 2. The summed E-state index contributed by atoms with van der Waals surface area (Å²) in [6, 6.07) is 12.3. The summed E-state index contributed by atoms with van der Waals surface area (Å²) in [5.74, 6) is -0.251. The van der Waals surface area contributed by atoms with Crippen LogP contribution in [0.4, 0.5) is 4.39 Å². The van der Waals surface area contributed by atoms with Crippen LogP contribution in [0.5, 0.6) is 0 Å². The Balaban J connectivity index is 2.03. The fourth-order valence-corrected chi connectivity index (χ4v) is 2.82. The molecule has 0 bridgehead atoms. The van der Waals surface area contributed by atoms with E-state index in [0.717, 1.165) is 38.5 Å². The largest absolute Gasteiger partial charge is 0.392 e. The molecule has 0 radical (unpaired) electrons. The van der Waals surface area contributed by atoms with E-state index in [1.165, 1.54) is 12.1 Å². The zero-order chi connectivity index (χ0) is 15.1. The molecule has 2 N–H and O–H groups in total. The van der Waals surface area contributed by atoms with Crippen LogP contribution < -0.4 is 0 Å². The minimum atomic E-state index is -0.251. The summed E-state index contributed by atoms with van der Waals surface area (Å²) in [5.41, 5.74) is 3.58. The molecule has 108 valence electrons. The number of H-pyrrole nitrogens is 1. The van der Waals surface area contributed by atoms with Crippen molar-refractivity contribution in [2.45, 2.75) is 6.61 Å². The SMILES string of the molecule is OCc1ccc2c(cnc3[nH]cc(-c4ccc(F)cc4)c32)c1. The number of nitrogens with one attached hydrogen (secondary N) is 1. The molecule has 0 amide bonds.